The fraction of sp³-hybridized carbons (Fsp3) is 0.200. The average Bonchev–Trinajstić information content (AvgIpc) is 2.56. The zero-order valence-electron chi connectivity index (χ0n) is 14.1. The molecule has 1 heterocycles. The maximum absolute atomic E-state index is 13.0. The molecule has 0 aliphatic carbocycles. The molecule has 1 aromatic heterocycles. The standard InChI is InChI=1S/C20H19FN2O2/c1-12(14-3-6-16(21)7-4-14)10-19(24)22-17-8-5-15-9-13(2)20(25)23-18(15)11-17/h3-9,11-12H,10H2,1-2H3,(H,22,24)(H,23,25). The number of anilines is 1. The Morgan fingerprint density at radius 1 is 1.16 bits per heavy atom. The smallest absolute Gasteiger partial charge is 0.251 e. The highest BCUT2D eigenvalue weighted by Gasteiger charge is 2.12. The fourth-order valence-electron chi connectivity index (χ4n) is 2.79. The van der Waals surface area contributed by atoms with E-state index in [-0.39, 0.29) is 29.6 Å². The normalized spacial score (nSPS) is 12.1. The van der Waals surface area contributed by atoms with Crippen LogP contribution in [0.15, 0.2) is 53.3 Å². The van der Waals surface area contributed by atoms with E-state index < -0.39 is 0 Å². The molecule has 4 nitrogen and oxygen atoms in total. The molecule has 0 saturated carbocycles. The Kier molecular flexibility index (Phi) is 4.65. The van der Waals surface area contributed by atoms with E-state index in [1.54, 1.807) is 31.2 Å². The number of nitrogens with one attached hydrogen (secondary N) is 2. The lowest BCUT2D eigenvalue weighted by Gasteiger charge is -2.12. The molecule has 0 saturated heterocycles. The van der Waals surface area contributed by atoms with Crippen molar-refractivity contribution in [2.24, 2.45) is 0 Å². The van der Waals surface area contributed by atoms with E-state index in [0.717, 1.165) is 10.9 Å². The van der Waals surface area contributed by atoms with Crippen LogP contribution in [-0.4, -0.2) is 10.9 Å². The van der Waals surface area contributed by atoms with Crippen molar-refractivity contribution in [2.75, 3.05) is 5.32 Å². The molecule has 3 aromatic rings. The van der Waals surface area contributed by atoms with Crippen molar-refractivity contribution in [3.8, 4) is 0 Å². The monoisotopic (exact) mass is 338 g/mol. The summed E-state index contributed by atoms with van der Waals surface area (Å²) in [5.41, 5.74) is 2.73. The Hall–Kier alpha value is -2.95. The van der Waals surface area contributed by atoms with Crippen LogP contribution in [0.25, 0.3) is 10.9 Å². The maximum Gasteiger partial charge on any atom is 0.251 e. The first-order chi connectivity index (χ1) is 11.9. The molecule has 2 N–H and O–H groups in total. The number of hydrogen-bond donors (Lipinski definition) is 2. The van der Waals surface area contributed by atoms with Crippen molar-refractivity contribution in [3.05, 3.63) is 75.8 Å². The average molecular weight is 338 g/mol. The molecule has 0 radical (unpaired) electrons. The largest absolute Gasteiger partial charge is 0.326 e. The van der Waals surface area contributed by atoms with Gasteiger partial charge in [0, 0.05) is 17.7 Å². The first-order valence-corrected chi connectivity index (χ1v) is 8.11. The summed E-state index contributed by atoms with van der Waals surface area (Å²) in [5, 5.41) is 3.76. The minimum Gasteiger partial charge on any atom is -0.326 e. The van der Waals surface area contributed by atoms with Crippen LogP contribution in [0.2, 0.25) is 0 Å². The minimum absolute atomic E-state index is 0.0245. The fourth-order valence-corrected chi connectivity index (χ4v) is 2.79. The molecule has 2 aromatic carbocycles. The van der Waals surface area contributed by atoms with Crippen molar-refractivity contribution in [1.29, 1.82) is 0 Å². The van der Waals surface area contributed by atoms with Crippen LogP contribution in [0.3, 0.4) is 0 Å². The molecule has 0 bridgehead atoms. The van der Waals surface area contributed by atoms with Gasteiger partial charge < -0.3 is 10.3 Å². The summed E-state index contributed by atoms with van der Waals surface area (Å²) in [4.78, 5) is 26.8. The van der Waals surface area contributed by atoms with Crippen molar-refractivity contribution in [2.45, 2.75) is 26.2 Å². The van der Waals surface area contributed by atoms with E-state index >= 15 is 0 Å². The number of carbonyl (C=O) groups excluding carboxylic acids is 1. The Morgan fingerprint density at radius 3 is 2.60 bits per heavy atom. The Morgan fingerprint density at radius 2 is 1.88 bits per heavy atom. The van der Waals surface area contributed by atoms with Gasteiger partial charge in [0.15, 0.2) is 0 Å². The highest BCUT2D eigenvalue weighted by atomic mass is 19.1. The lowest BCUT2D eigenvalue weighted by molar-refractivity contribution is -0.116. The molecule has 0 aliphatic heterocycles. The molecular weight excluding hydrogens is 319 g/mol. The SMILES string of the molecule is Cc1cc2ccc(NC(=O)CC(C)c3ccc(F)cc3)cc2[nH]c1=O. The summed E-state index contributed by atoms with van der Waals surface area (Å²) in [7, 11) is 0. The molecule has 3 rings (SSSR count). The van der Waals surface area contributed by atoms with Gasteiger partial charge in [0.1, 0.15) is 5.82 Å². The summed E-state index contributed by atoms with van der Waals surface area (Å²) in [6.07, 6.45) is 0.286. The van der Waals surface area contributed by atoms with Crippen LogP contribution in [0.4, 0.5) is 10.1 Å². The lowest BCUT2D eigenvalue weighted by atomic mass is 9.97. The summed E-state index contributed by atoms with van der Waals surface area (Å²) in [5.74, 6) is -0.449. The summed E-state index contributed by atoms with van der Waals surface area (Å²) in [6.45, 7) is 3.68. The Bertz CT molecular complexity index is 977. The number of H-pyrrole nitrogens is 1. The van der Waals surface area contributed by atoms with Gasteiger partial charge in [-0.1, -0.05) is 25.1 Å². The molecular formula is C20H19FN2O2. The first kappa shape index (κ1) is 16.9. The Labute approximate surface area is 144 Å². The van der Waals surface area contributed by atoms with Gasteiger partial charge in [0.05, 0.1) is 5.52 Å². The Balaban J connectivity index is 1.72. The van der Waals surface area contributed by atoms with E-state index in [1.807, 2.05) is 19.1 Å². The maximum atomic E-state index is 13.0. The molecule has 1 unspecified atom stereocenters. The molecule has 5 heteroatoms. The van der Waals surface area contributed by atoms with Crippen molar-refractivity contribution in [3.63, 3.8) is 0 Å². The van der Waals surface area contributed by atoms with E-state index in [1.165, 1.54) is 12.1 Å². The van der Waals surface area contributed by atoms with E-state index in [9.17, 15) is 14.0 Å². The molecule has 25 heavy (non-hydrogen) atoms. The van der Waals surface area contributed by atoms with Crippen molar-refractivity contribution >= 4 is 22.5 Å². The van der Waals surface area contributed by atoms with Crippen LogP contribution in [0, 0.1) is 12.7 Å². The van der Waals surface area contributed by atoms with Crippen LogP contribution < -0.4 is 10.9 Å². The first-order valence-electron chi connectivity index (χ1n) is 8.11. The van der Waals surface area contributed by atoms with Gasteiger partial charge in [-0.15, -0.1) is 0 Å². The van der Waals surface area contributed by atoms with Crippen LogP contribution >= 0.6 is 0 Å². The third-order valence-corrected chi connectivity index (χ3v) is 4.25. The summed E-state index contributed by atoms with van der Waals surface area (Å²) < 4.78 is 13.0. The predicted octanol–water partition coefficient (Wildman–Crippen LogP) is 4.11. The predicted molar refractivity (Wildman–Crippen MR) is 97.4 cm³/mol. The van der Waals surface area contributed by atoms with Crippen LogP contribution in [0.5, 0.6) is 0 Å². The minimum atomic E-state index is -0.291. The zero-order valence-corrected chi connectivity index (χ0v) is 14.1. The van der Waals surface area contributed by atoms with Gasteiger partial charge in [-0.2, -0.15) is 0 Å². The van der Waals surface area contributed by atoms with Gasteiger partial charge in [0.2, 0.25) is 5.91 Å². The van der Waals surface area contributed by atoms with E-state index in [4.69, 9.17) is 0 Å². The topological polar surface area (TPSA) is 62.0 Å². The third kappa shape index (κ3) is 3.94. The molecule has 1 amide bonds. The van der Waals surface area contributed by atoms with Crippen LogP contribution in [-0.2, 0) is 4.79 Å². The molecule has 128 valence electrons. The van der Waals surface area contributed by atoms with Gasteiger partial charge in [-0.05, 0) is 54.1 Å². The summed E-state index contributed by atoms with van der Waals surface area (Å²) >= 11 is 0. The second-order valence-electron chi connectivity index (χ2n) is 6.29. The van der Waals surface area contributed by atoms with Gasteiger partial charge in [-0.3, -0.25) is 9.59 Å². The van der Waals surface area contributed by atoms with Gasteiger partial charge in [-0.25, -0.2) is 4.39 Å². The molecule has 0 aliphatic rings. The second-order valence-corrected chi connectivity index (χ2v) is 6.29. The van der Waals surface area contributed by atoms with E-state index in [0.29, 0.717) is 16.8 Å². The van der Waals surface area contributed by atoms with Crippen LogP contribution in [0.1, 0.15) is 30.4 Å². The third-order valence-electron chi connectivity index (χ3n) is 4.25. The zero-order chi connectivity index (χ0) is 18.0. The number of hydrogen-bond acceptors (Lipinski definition) is 2. The summed E-state index contributed by atoms with van der Waals surface area (Å²) in [6, 6.07) is 13.4. The number of rotatable bonds is 4. The molecule has 1 atom stereocenters. The number of aryl methyl sites for hydroxylation is 1. The van der Waals surface area contributed by atoms with Crippen molar-refractivity contribution < 1.29 is 9.18 Å². The number of carbonyl (C=O) groups is 1. The molecule has 0 fully saturated rings. The lowest BCUT2D eigenvalue weighted by Crippen LogP contribution is -2.15. The number of aromatic amines is 1. The molecule has 0 spiro atoms. The number of pyridine rings is 1. The van der Waals surface area contributed by atoms with Gasteiger partial charge in [0.25, 0.3) is 5.56 Å². The number of fused-ring (bicyclic) bond motifs is 1. The van der Waals surface area contributed by atoms with Crippen molar-refractivity contribution in [1.82, 2.24) is 4.98 Å². The van der Waals surface area contributed by atoms with Gasteiger partial charge >= 0.3 is 0 Å². The number of amides is 1. The highest BCUT2D eigenvalue weighted by Crippen LogP contribution is 2.21. The highest BCUT2D eigenvalue weighted by molar-refractivity contribution is 5.93. The number of halogens is 1. The second kappa shape index (κ2) is 6.89. The van der Waals surface area contributed by atoms with E-state index in [2.05, 4.69) is 10.3 Å². The number of benzene rings is 2. The number of aromatic nitrogens is 1. The quantitative estimate of drug-likeness (QED) is 0.752.